The van der Waals surface area contributed by atoms with E-state index in [4.69, 9.17) is 4.18 Å². The molecule has 0 bridgehead atoms. The Morgan fingerprint density at radius 2 is 2.33 bits per heavy atom. The smallest absolute Gasteiger partial charge is 0.249 e. The zero-order chi connectivity index (χ0) is 8.97. The van der Waals surface area contributed by atoms with Crippen molar-refractivity contribution in [1.29, 1.82) is 0 Å². The van der Waals surface area contributed by atoms with Gasteiger partial charge in [-0.15, -0.1) is 0 Å². The molecule has 0 radical (unpaired) electrons. The second-order valence-corrected chi connectivity index (χ2v) is 2.57. The molecule has 0 aliphatic rings. The lowest BCUT2D eigenvalue weighted by atomic mass is 10.3. The molecule has 2 nitrogen and oxygen atoms in total. The third kappa shape index (κ3) is 2.15. The summed E-state index contributed by atoms with van der Waals surface area (Å²) in [5, 5.41) is 0. The summed E-state index contributed by atoms with van der Waals surface area (Å²) in [6, 6.07) is 1.38. The van der Waals surface area contributed by atoms with Crippen molar-refractivity contribution in [2.45, 2.75) is 6.61 Å². The maximum absolute atomic E-state index is 12.8. The number of hydrogen-bond donors (Lipinski definition) is 0. The Kier molecular flexibility index (Phi) is 3.43. The first-order valence-corrected chi connectivity index (χ1v) is 4.35. The Labute approximate surface area is 73.2 Å². The van der Waals surface area contributed by atoms with E-state index in [-0.39, 0.29) is 12.2 Å². The third-order valence-electron chi connectivity index (χ3n) is 1.26. The van der Waals surface area contributed by atoms with Crippen LogP contribution in [0.2, 0.25) is 0 Å². The summed E-state index contributed by atoms with van der Waals surface area (Å²) in [7, 11) is 0. The Bertz CT molecular complexity index is 270. The van der Waals surface area contributed by atoms with E-state index in [1.165, 1.54) is 12.3 Å². The SMILES string of the molecule is CSOCc1ccnc(F)c1F. The van der Waals surface area contributed by atoms with Gasteiger partial charge in [-0.25, -0.2) is 9.37 Å². The van der Waals surface area contributed by atoms with Crippen LogP contribution in [0.5, 0.6) is 0 Å². The molecule has 12 heavy (non-hydrogen) atoms. The normalized spacial score (nSPS) is 10.2. The molecule has 0 atom stereocenters. The zero-order valence-electron chi connectivity index (χ0n) is 6.38. The molecular formula is C7H7F2NOS. The molecule has 0 aromatic carbocycles. The molecule has 0 aliphatic heterocycles. The molecule has 0 saturated heterocycles. The highest BCUT2D eigenvalue weighted by molar-refractivity contribution is 7.93. The van der Waals surface area contributed by atoms with Crippen LogP contribution in [0.4, 0.5) is 8.78 Å². The predicted octanol–water partition coefficient (Wildman–Crippen LogP) is 2.15. The number of hydrogen-bond acceptors (Lipinski definition) is 3. The Hall–Kier alpha value is -0.680. The number of aromatic nitrogens is 1. The molecule has 1 aromatic heterocycles. The Balaban J connectivity index is 2.78. The highest BCUT2D eigenvalue weighted by atomic mass is 32.2. The first kappa shape index (κ1) is 9.41. The minimum absolute atomic E-state index is 0.0481. The minimum atomic E-state index is -1.09. The van der Waals surface area contributed by atoms with Crippen LogP contribution in [0.1, 0.15) is 5.56 Å². The Morgan fingerprint density at radius 1 is 1.58 bits per heavy atom. The van der Waals surface area contributed by atoms with E-state index >= 15 is 0 Å². The van der Waals surface area contributed by atoms with Crippen molar-refractivity contribution in [3.63, 3.8) is 0 Å². The minimum Gasteiger partial charge on any atom is -0.311 e. The summed E-state index contributed by atoms with van der Waals surface area (Å²) in [5.41, 5.74) is 0.178. The highest BCUT2D eigenvalue weighted by Crippen LogP contribution is 2.12. The van der Waals surface area contributed by atoms with Crippen LogP contribution in [-0.2, 0) is 10.8 Å². The lowest BCUT2D eigenvalue weighted by Crippen LogP contribution is -1.97. The van der Waals surface area contributed by atoms with Gasteiger partial charge in [0.05, 0.1) is 6.61 Å². The number of pyridine rings is 1. The summed E-state index contributed by atoms with van der Waals surface area (Å²) in [4.78, 5) is 3.14. The largest absolute Gasteiger partial charge is 0.311 e. The van der Waals surface area contributed by atoms with Crippen LogP contribution < -0.4 is 0 Å². The molecule has 0 fully saturated rings. The highest BCUT2D eigenvalue weighted by Gasteiger charge is 2.08. The van der Waals surface area contributed by atoms with Gasteiger partial charge in [0, 0.05) is 18.0 Å². The standard InChI is InChI=1S/C7H7F2NOS/c1-12-11-4-5-2-3-10-7(9)6(5)8/h2-3H,4H2,1H3. The Morgan fingerprint density at radius 3 is 3.00 bits per heavy atom. The maximum atomic E-state index is 12.8. The van der Waals surface area contributed by atoms with Crippen LogP contribution in [0.3, 0.4) is 0 Å². The fourth-order valence-corrected chi connectivity index (χ4v) is 0.934. The first-order chi connectivity index (χ1) is 5.75. The van der Waals surface area contributed by atoms with Crippen LogP contribution in [0.25, 0.3) is 0 Å². The van der Waals surface area contributed by atoms with Crippen molar-refractivity contribution in [2.24, 2.45) is 0 Å². The van der Waals surface area contributed by atoms with E-state index in [0.29, 0.717) is 0 Å². The fraction of sp³-hybridized carbons (Fsp3) is 0.286. The van der Waals surface area contributed by atoms with Crippen molar-refractivity contribution in [3.05, 3.63) is 29.6 Å². The fourth-order valence-electron chi connectivity index (χ4n) is 0.689. The third-order valence-corrected chi connectivity index (χ3v) is 1.61. The predicted molar refractivity (Wildman–Crippen MR) is 42.5 cm³/mol. The molecular weight excluding hydrogens is 184 g/mol. The molecule has 1 heterocycles. The molecule has 0 saturated carbocycles. The van der Waals surface area contributed by atoms with Crippen molar-refractivity contribution in [3.8, 4) is 0 Å². The van der Waals surface area contributed by atoms with Crippen molar-refractivity contribution in [1.82, 2.24) is 4.98 Å². The van der Waals surface area contributed by atoms with E-state index in [2.05, 4.69) is 4.98 Å². The van der Waals surface area contributed by atoms with Gasteiger partial charge in [-0.1, -0.05) is 0 Å². The summed E-state index contributed by atoms with van der Waals surface area (Å²) < 4.78 is 30.1. The van der Waals surface area contributed by atoms with Gasteiger partial charge < -0.3 is 4.18 Å². The van der Waals surface area contributed by atoms with Crippen LogP contribution in [0, 0.1) is 11.8 Å². The van der Waals surface area contributed by atoms with E-state index in [9.17, 15) is 8.78 Å². The average molecular weight is 191 g/mol. The second-order valence-electron chi connectivity index (χ2n) is 2.00. The maximum Gasteiger partial charge on any atom is 0.249 e. The van der Waals surface area contributed by atoms with Crippen LogP contribution >= 0.6 is 12.0 Å². The van der Waals surface area contributed by atoms with Crippen molar-refractivity contribution < 1.29 is 13.0 Å². The van der Waals surface area contributed by atoms with Crippen molar-refractivity contribution in [2.75, 3.05) is 6.26 Å². The van der Waals surface area contributed by atoms with Gasteiger partial charge in [0.25, 0.3) is 0 Å². The van der Waals surface area contributed by atoms with Gasteiger partial charge in [-0.05, 0) is 18.1 Å². The van der Waals surface area contributed by atoms with Gasteiger partial charge >= 0.3 is 0 Å². The van der Waals surface area contributed by atoms with E-state index in [0.717, 1.165) is 12.0 Å². The summed E-state index contributed by atoms with van der Waals surface area (Å²) >= 11 is 1.10. The summed E-state index contributed by atoms with van der Waals surface area (Å²) in [6.45, 7) is 0.0481. The van der Waals surface area contributed by atoms with Crippen molar-refractivity contribution >= 4 is 12.0 Å². The quantitative estimate of drug-likeness (QED) is 0.540. The second kappa shape index (κ2) is 4.37. The van der Waals surface area contributed by atoms with Gasteiger partial charge in [0.1, 0.15) is 0 Å². The molecule has 5 heteroatoms. The molecule has 1 aromatic rings. The van der Waals surface area contributed by atoms with E-state index < -0.39 is 11.8 Å². The van der Waals surface area contributed by atoms with Crippen LogP contribution in [0.15, 0.2) is 12.3 Å². The summed E-state index contributed by atoms with van der Waals surface area (Å²) in [6.07, 6.45) is 2.91. The molecule has 1 rings (SSSR count). The monoisotopic (exact) mass is 191 g/mol. The molecule has 66 valence electrons. The first-order valence-electron chi connectivity index (χ1n) is 3.20. The van der Waals surface area contributed by atoms with E-state index in [1.807, 2.05) is 0 Å². The molecule has 0 N–H and O–H groups in total. The number of nitrogens with zero attached hydrogens (tertiary/aromatic N) is 1. The molecule has 0 unspecified atom stereocenters. The molecule has 0 spiro atoms. The topological polar surface area (TPSA) is 22.1 Å². The number of halogens is 2. The summed E-state index contributed by atoms with van der Waals surface area (Å²) in [5.74, 6) is -2.02. The lowest BCUT2D eigenvalue weighted by Gasteiger charge is -2.01. The van der Waals surface area contributed by atoms with Crippen LogP contribution in [-0.4, -0.2) is 11.2 Å². The van der Waals surface area contributed by atoms with Gasteiger partial charge in [-0.3, -0.25) is 0 Å². The van der Waals surface area contributed by atoms with Gasteiger partial charge in [-0.2, -0.15) is 4.39 Å². The zero-order valence-corrected chi connectivity index (χ0v) is 7.20. The lowest BCUT2D eigenvalue weighted by molar-refractivity contribution is 0.348. The van der Waals surface area contributed by atoms with Gasteiger partial charge in [0.15, 0.2) is 5.82 Å². The molecule has 0 aliphatic carbocycles. The molecule has 0 amide bonds. The number of rotatable bonds is 3. The van der Waals surface area contributed by atoms with Gasteiger partial charge in [0.2, 0.25) is 5.95 Å². The average Bonchev–Trinajstić information content (AvgIpc) is 2.08. The van der Waals surface area contributed by atoms with E-state index in [1.54, 1.807) is 6.26 Å².